The van der Waals surface area contributed by atoms with Crippen molar-refractivity contribution < 1.29 is 9.53 Å². The number of hydrogen-bond acceptors (Lipinski definition) is 4. The maximum Gasteiger partial charge on any atom is 0.257 e. The fourth-order valence-corrected chi connectivity index (χ4v) is 3.96. The molecule has 3 aromatic rings. The van der Waals surface area contributed by atoms with E-state index in [1.54, 1.807) is 7.11 Å². The number of benzene rings is 3. The van der Waals surface area contributed by atoms with Crippen molar-refractivity contribution in [2.45, 2.75) is 13.3 Å². The molecule has 0 radical (unpaired) electrons. The molecule has 1 aliphatic rings. The topological polar surface area (TPSA) is 57.2 Å². The Bertz CT molecular complexity index is 1110. The van der Waals surface area contributed by atoms with Gasteiger partial charge in [-0.15, -0.1) is 0 Å². The van der Waals surface area contributed by atoms with Crippen LogP contribution in [0.1, 0.15) is 22.8 Å². The summed E-state index contributed by atoms with van der Waals surface area (Å²) < 4.78 is 5.54. The minimum absolute atomic E-state index is 0.159. The highest BCUT2D eigenvalue weighted by Crippen LogP contribution is 2.28. The van der Waals surface area contributed by atoms with Gasteiger partial charge in [0.15, 0.2) is 0 Å². The molecule has 1 N–H and O–H groups in total. The second-order valence-electron chi connectivity index (χ2n) is 7.92. The molecule has 6 nitrogen and oxygen atoms in total. The fourth-order valence-electron chi connectivity index (χ4n) is 3.96. The number of methoxy groups -OCH3 is 1. The molecule has 3 aromatic carbocycles. The van der Waals surface area contributed by atoms with Crippen LogP contribution in [-0.2, 0) is 6.42 Å². The van der Waals surface area contributed by atoms with Crippen LogP contribution < -0.4 is 15.0 Å². The molecule has 0 spiro atoms. The van der Waals surface area contributed by atoms with Gasteiger partial charge in [0.25, 0.3) is 5.91 Å². The van der Waals surface area contributed by atoms with E-state index in [9.17, 15) is 4.79 Å². The molecule has 1 fully saturated rings. The van der Waals surface area contributed by atoms with Crippen LogP contribution in [-0.4, -0.2) is 50.1 Å². The SMILES string of the molecule is CCc1cccc(N=C(NC(=O)c2ccccc2)N2CCN(c3ccccc3OC)CC2)c1. The van der Waals surface area contributed by atoms with Crippen molar-refractivity contribution >= 4 is 23.2 Å². The number of guanidine groups is 1. The Morgan fingerprint density at radius 1 is 0.939 bits per heavy atom. The number of amides is 1. The first-order chi connectivity index (χ1) is 16.2. The van der Waals surface area contributed by atoms with Gasteiger partial charge in [-0.25, -0.2) is 4.99 Å². The summed E-state index contributed by atoms with van der Waals surface area (Å²) in [6, 6.07) is 25.5. The standard InChI is InChI=1S/C27H30N4O2/c1-3-21-10-9-13-23(20-21)28-27(29-26(32)22-11-5-4-6-12-22)31-18-16-30(17-19-31)24-14-7-8-15-25(24)33-2/h4-15,20H,3,16-19H2,1-2H3,(H,28,29,32). The Morgan fingerprint density at radius 3 is 2.39 bits per heavy atom. The van der Waals surface area contributed by atoms with Gasteiger partial charge in [0.2, 0.25) is 5.96 Å². The summed E-state index contributed by atoms with van der Waals surface area (Å²) in [4.78, 5) is 22.2. The number of nitrogens with zero attached hydrogens (tertiary/aromatic N) is 3. The third-order valence-corrected chi connectivity index (χ3v) is 5.82. The normalized spacial score (nSPS) is 14.2. The van der Waals surface area contributed by atoms with E-state index < -0.39 is 0 Å². The molecule has 170 valence electrons. The van der Waals surface area contributed by atoms with Crippen LogP contribution in [0.5, 0.6) is 5.75 Å². The average molecular weight is 443 g/mol. The smallest absolute Gasteiger partial charge is 0.257 e. The van der Waals surface area contributed by atoms with E-state index >= 15 is 0 Å². The molecule has 1 amide bonds. The number of anilines is 1. The van der Waals surface area contributed by atoms with E-state index in [0.29, 0.717) is 11.5 Å². The molecule has 1 saturated heterocycles. The highest BCUT2D eigenvalue weighted by atomic mass is 16.5. The molecule has 33 heavy (non-hydrogen) atoms. The van der Waals surface area contributed by atoms with Gasteiger partial charge in [-0.2, -0.15) is 0 Å². The van der Waals surface area contributed by atoms with Crippen molar-refractivity contribution in [3.8, 4) is 5.75 Å². The van der Waals surface area contributed by atoms with Crippen molar-refractivity contribution in [2.75, 3.05) is 38.2 Å². The molecule has 6 heteroatoms. The largest absolute Gasteiger partial charge is 0.495 e. The first-order valence-corrected chi connectivity index (χ1v) is 11.3. The molecule has 1 heterocycles. The van der Waals surface area contributed by atoms with Gasteiger partial charge >= 0.3 is 0 Å². The van der Waals surface area contributed by atoms with Crippen molar-refractivity contribution in [1.29, 1.82) is 0 Å². The quantitative estimate of drug-likeness (QED) is 0.467. The lowest BCUT2D eigenvalue weighted by Gasteiger charge is -2.38. The van der Waals surface area contributed by atoms with Crippen LogP contribution in [0.25, 0.3) is 0 Å². The van der Waals surface area contributed by atoms with Crippen molar-refractivity contribution in [1.82, 2.24) is 10.2 Å². The minimum atomic E-state index is -0.159. The molecular weight excluding hydrogens is 412 g/mol. The summed E-state index contributed by atoms with van der Waals surface area (Å²) in [6.45, 7) is 5.20. The zero-order valence-electron chi connectivity index (χ0n) is 19.2. The molecule has 0 saturated carbocycles. The lowest BCUT2D eigenvalue weighted by Crippen LogP contribution is -2.53. The maximum absolute atomic E-state index is 12.9. The zero-order chi connectivity index (χ0) is 23.0. The second-order valence-corrected chi connectivity index (χ2v) is 7.92. The summed E-state index contributed by atoms with van der Waals surface area (Å²) in [6.07, 6.45) is 0.937. The summed E-state index contributed by atoms with van der Waals surface area (Å²) in [5.41, 5.74) is 3.75. The highest BCUT2D eigenvalue weighted by molar-refractivity contribution is 6.06. The van der Waals surface area contributed by atoms with E-state index in [4.69, 9.17) is 9.73 Å². The Labute approximate surface area is 195 Å². The van der Waals surface area contributed by atoms with Crippen LogP contribution in [0.3, 0.4) is 0 Å². The number of para-hydroxylation sites is 2. The van der Waals surface area contributed by atoms with Gasteiger partial charge in [-0.05, 0) is 48.4 Å². The lowest BCUT2D eigenvalue weighted by atomic mass is 10.1. The van der Waals surface area contributed by atoms with Gasteiger partial charge in [-0.3, -0.25) is 10.1 Å². The molecule has 0 bridgehead atoms. The first kappa shape index (κ1) is 22.4. The highest BCUT2D eigenvalue weighted by Gasteiger charge is 2.23. The summed E-state index contributed by atoms with van der Waals surface area (Å²) >= 11 is 0. The number of rotatable bonds is 5. The first-order valence-electron chi connectivity index (χ1n) is 11.3. The third-order valence-electron chi connectivity index (χ3n) is 5.82. The number of ether oxygens (including phenoxy) is 1. The number of piperazine rings is 1. The predicted octanol–water partition coefficient (Wildman–Crippen LogP) is 4.50. The van der Waals surface area contributed by atoms with E-state index in [2.05, 4.69) is 40.2 Å². The molecule has 0 unspecified atom stereocenters. The molecule has 0 atom stereocenters. The van der Waals surface area contributed by atoms with Gasteiger partial charge < -0.3 is 14.5 Å². The predicted molar refractivity (Wildman–Crippen MR) is 134 cm³/mol. The van der Waals surface area contributed by atoms with Gasteiger partial charge in [-0.1, -0.05) is 49.4 Å². The number of aryl methyl sites for hydroxylation is 1. The number of carbonyl (C=O) groups excluding carboxylic acids is 1. The van der Waals surface area contributed by atoms with E-state index in [-0.39, 0.29) is 5.91 Å². The van der Waals surface area contributed by atoms with Crippen LogP contribution in [0.15, 0.2) is 83.9 Å². The molecular formula is C27H30N4O2. The summed E-state index contributed by atoms with van der Waals surface area (Å²) in [5, 5.41) is 3.06. The Kier molecular flexibility index (Phi) is 7.25. The number of carbonyl (C=O) groups is 1. The van der Waals surface area contributed by atoms with Crippen molar-refractivity contribution in [2.24, 2.45) is 4.99 Å². The number of aliphatic imine (C=N–C) groups is 1. The Hall–Kier alpha value is -3.80. The molecule has 0 aromatic heterocycles. The van der Waals surface area contributed by atoms with Gasteiger partial charge in [0.1, 0.15) is 5.75 Å². The van der Waals surface area contributed by atoms with Gasteiger partial charge in [0, 0.05) is 31.7 Å². The van der Waals surface area contributed by atoms with Crippen LogP contribution >= 0.6 is 0 Å². The van der Waals surface area contributed by atoms with Crippen molar-refractivity contribution in [3.63, 3.8) is 0 Å². The monoisotopic (exact) mass is 442 g/mol. The zero-order valence-corrected chi connectivity index (χ0v) is 19.2. The number of hydrogen-bond donors (Lipinski definition) is 1. The Morgan fingerprint density at radius 2 is 1.67 bits per heavy atom. The molecule has 1 aliphatic heterocycles. The second kappa shape index (κ2) is 10.7. The van der Waals surface area contributed by atoms with Crippen LogP contribution in [0, 0.1) is 0 Å². The van der Waals surface area contributed by atoms with E-state index in [1.807, 2.05) is 60.7 Å². The number of nitrogens with one attached hydrogen (secondary N) is 1. The van der Waals surface area contributed by atoms with Gasteiger partial charge in [0.05, 0.1) is 18.5 Å². The maximum atomic E-state index is 12.9. The summed E-state index contributed by atoms with van der Waals surface area (Å²) in [7, 11) is 1.70. The van der Waals surface area contributed by atoms with E-state index in [1.165, 1.54) is 5.56 Å². The Balaban J connectivity index is 1.55. The van der Waals surface area contributed by atoms with Crippen LogP contribution in [0.2, 0.25) is 0 Å². The van der Waals surface area contributed by atoms with Crippen molar-refractivity contribution in [3.05, 3.63) is 90.0 Å². The minimum Gasteiger partial charge on any atom is -0.495 e. The summed E-state index contributed by atoms with van der Waals surface area (Å²) in [5.74, 6) is 1.29. The lowest BCUT2D eigenvalue weighted by molar-refractivity contribution is 0.0972. The fraction of sp³-hybridized carbons (Fsp3) is 0.259. The van der Waals surface area contributed by atoms with Crippen LogP contribution in [0.4, 0.5) is 11.4 Å². The average Bonchev–Trinajstić information content (AvgIpc) is 2.89. The molecule has 4 rings (SSSR count). The molecule has 0 aliphatic carbocycles. The third kappa shape index (κ3) is 5.52. The van der Waals surface area contributed by atoms with E-state index in [0.717, 1.165) is 49.7 Å².